The molecular formula is C26H32FN9O3. The molecule has 12 nitrogen and oxygen atoms in total. The number of carbonyl (C=O) groups is 2. The second-order valence-corrected chi connectivity index (χ2v) is 10.7. The Hall–Kier alpha value is -3.84. The number of hydrogen-bond donors (Lipinski definition) is 2. The van der Waals surface area contributed by atoms with Gasteiger partial charge in [0.2, 0.25) is 5.91 Å². The molecule has 13 heteroatoms. The molecule has 3 aliphatic rings. The van der Waals surface area contributed by atoms with E-state index < -0.39 is 11.7 Å². The normalized spacial score (nSPS) is 20.2. The van der Waals surface area contributed by atoms with E-state index in [4.69, 9.17) is 10.5 Å². The van der Waals surface area contributed by atoms with Crippen molar-refractivity contribution in [2.45, 2.75) is 25.3 Å². The molecule has 3 fully saturated rings. The van der Waals surface area contributed by atoms with Crippen molar-refractivity contribution < 1.29 is 18.7 Å². The van der Waals surface area contributed by atoms with Crippen LogP contribution in [0.2, 0.25) is 0 Å². The molecule has 39 heavy (non-hydrogen) atoms. The lowest BCUT2D eigenvalue weighted by Crippen LogP contribution is -2.65. The van der Waals surface area contributed by atoms with Crippen LogP contribution in [-0.2, 0) is 9.53 Å². The highest BCUT2D eigenvalue weighted by Gasteiger charge is 2.41. The first kappa shape index (κ1) is 25.4. The van der Waals surface area contributed by atoms with Crippen molar-refractivity contribution >= 4 is 34.7 Å². The Morgan fingerprint density at radius 1 is 1.13 bits per heavy atom. The summed E-state index contributed by atoms with van der Waals surface area (Å²) in [5.41, 5.74) is 7.61. The van der Waals surface area contributed by atoms with E-state index in [9.17, 15) is 14.0 Å². The van der Waals surface area contributed by atoms with Crippen molar-refractivity contribution in [1.29, 1.82) is 0 Å². The number of nitrogen functional groups attached to an aromatic ring is 1. The van der Waals surface area contributed by atoms with Gasteiger partial charge in [-0.25, -0.2) is 13.9 Å². The molecule has 0 bridgehead atoms. The molecule has 6 heterocycles. The number of carbonyl (C=O) groups excluding carboxylic acids is 2. The number of ether oxygens (including phenoxy) is 1. The van der Waals surface area contributed by atoms with Gasteiger partial charge in [0.05, 0.1) is 48.7 Å². The molecule has 3 aromatic heterocycles. The van der Waals surface area contributed by atoms with Gasteiger partial charge in [-0.1, -0.05) is 0 Å². The Balaban J connectivity index is 1.09. The van der Waals surface area contributed by atoms with Crippen LogP contribution >= 0.6 is 0 Å². The van der Waals surface area contributed by atoms with Crippen LogP contribution in [0.1, 0.15) is 30.1 Å². The van der Waals surface area contributed by atoms with Crippen LogP contribution in [0.15, 0.2) is 30.9 Å². The quantitative estimate of drug-likeness (QED) is 0.493. The van der Waals surface area contributed by atoms with E-state index in [1.807, 2.05) is 11.0 Å². The number of rotatable bonds is 5. The van der Waals surface area contributed by atoms with Crippen LogP contribution in [0.3, 0.4) is 0 Å². The lowest BCUT2D eigenvalue weighted by Gasteiger charge is -2.50. The second kappa shape index (κ2) is 10.0. The van der Waals surface area contributed by atoms with Gasteiger partial charge in [-0.2, -0.15) is 0 Å². The molecule has 0 saturated carbocycles. The van der Waals surface area contributed by atoms with Gasteiger partial charge < -0.3 is 25.6 Å². The van der Waals surface area contributed by atoms with Gasteiger partial charge in [0.1, 0.15) is 5.56 Å². The van der Waals surface area contributed by atoms with Gasteiger partial charge in [-0.3, -0.25) is 19.5 Å². The van der Waals surface area contributed by atoms with E-state index in [0.29, 0.717) is 18.8 Å². The molecule has 3 aromatic rings. The number of nitrogens with one attached hydrogen (secondary N) is 1. The number of pyridine rings is 1. The van der Waals surface area contributed by atoms with Crippen LogP contribution in [0.25, 0.3) is 5.65 Å². The Morgan fingerprint density at radius 3 is 2.56 bits per heavy atom. The molecule has 3 aliphatic heterocycles. The lowest BCUT2D eigenvalue weighted by atomic mass is 9.93. The summed E-state index contributed by atoms with van der Waals surface area (Å²) >= 11 is 0. The molecule has 0 atom stereocenters. The minimum Gasteiger partial charge on any atom is -0.381 e. The fourth-order valence-corrected chi connectivity index (χ4v) is 5.76. The largest absolute Gasteiger partial charge is 0.381 e. The van der Waals surface area contributed by atoms with Gasteiger partial charge in [0.15, 0.2) is 17.3 Å². The predicted molar refractivity (Wildman–Crippen MR) is 142 cm³/mol. The smallest absolute Gasteiger partial charge is 0.263 e. The maximum atomic E-state index is 13.5. The topological polar surface area (TPSA) is 134 Å². The van der Waals surface area contributed by atoms with Gasteiger partial charge in [0, 0.05) is 51.4 Å². The third-order valence-corrected chi connectivity index (χ3v) is 8.11. The average molecular weight is 538 g/mol. The first-order valence-corrected chi connectivity index (χ1v) is 13.2. The van der Waals surface area contributed by atoms with E-state index in [2.05, 4.69) is 37.1 Å². The highest BCUT2D eigenvalue weighted by molar-refractivity contribution is 6.12. The third-order valence-electron chi connectivity index (χ3n) is 8.11. The van der Waals surface area contributed by atoms with Crippen LogP contribution in [0.5, 0.6) is 0 Å². The van der Waals surface area contributed by atoms with Gasteiger partial charge >= 0.3 is 0 Å². The van der Waals surface area contributed by atoms with Crippen LogP contribution in [0, 0.1) is 11.7 Å². The first-order valence-electron chi connectivity index (χ1n) is 13.2. The first-order chi connectivity index (χ1) is 18.8. The Bertz CT molecular complexity index is 1390. The number of hydrogen-bond acceptors (Lipinski definition) is 9. The van der Waals surface area contributed by atoms with E-state index in [1.54, 1.807) is 12.4 Å². The fraction of sp³-hybridized carbons (Fsp3) is 0.500. The highest BCUT2D eigenvalue weighted by Crippen LogP contribution is 2.32. The Kier molecular flexibility index (Phi) is 6.55. The number of anilines is 3. The molecule has 206 valence electrons. The van der Waals surface area contributed by atoms with Gasteiger partial charge in [0.25, 0.3) is 5.91 Å². The Labute approximate surface area is 224 Å². The van der Waals surface area contributed by atoms with E-state index in [0.717, 1.165) is 74.8 Å². The predicted octanol–water partition coefficient (Wildman–Crippen LogP) is 1.25. The SMILES string of the molecule is CC1(N2CCN(C(=O)C3CCN(c4ccncc4NC(=O)c4c(N)nn5cc(F)cnc45)CC3)CC2)COC1. The van der Waals surface area contributed by atoms with Gasteiger partial charge in [-0.05, 0) is 25.8 Å². The zero-order valence-corrected chi connectivity index (χ0v) is 21.8. The maximum Gasteiger partial charge on any atom is 0.263 e. The van der Waals surface area contributed by atoms with Crippen LogP contribution in [0.4, 0.5) is 21.6 Å². The fourth-order valence-electron chi connectivity index (χ4n) is 5.76. The Morgan fingerprint density at radius 2 is 1.87 bits per heavy atom. The molecule has 2 amide bonds. The molecular weight excluding hydrogens is 505 g/mol. The highest BCUT2D eigenvalue weighted by atomic mass is 19.1. The monoisotopic (exact) mass is 537 g/mol. The van der Waals surface area contributed by atoms with Crippen molar-refractivity contribution in [1.82, 2.24) is 29.4 Å². The molecule has 0 radical (unpaired) electrons. The van der Waals surface area contributed by atoms with E-state index in [-0.39, 0.29) is 34.4 Å². The molecule has 0 aromatic carbocycles. The number of nitrogens with two attached hydrogens (primary N) is 1. The number of aromatic nitrogens is 4. The summed E-state index contributed by atoms with van der Waals surface area (Å²) in [7, 11) is 0. The minimum absolute atomic E-state index is 0.0136. The van der Waals surface area contributed by atoms with E-state index in [1.165, 1.54) is 0 Å². The summed E-state index contributed by atoms with van der Waals surface area (Å²) in [5, 5.41) is 6.87. The standard InChI is InChI=1S/C26H32FN9O3/c1-26(15-39-16-26)35-10-8-34(9-11-35)25(38)17-3-6-33(7-4-17)20-2-5-29-13-19(20)31-24(37)21-22(28)32-36-14-18(27)12-30-23(21)36/h2,5,12-14,17H,3-4,6-11,15-16H2,1H3,(H2,28,32)(H,31,37). The number of fused-ring (bicyclic) bond motifs is 1. The molecule has 6 rings (SSSR count). The van der Waals surface area contributed by atoms with Gasteiger partial charge in [-0.15, -0.1) is 5.10 Å². The third kappa shape index (κ3) is 4.76. The molecule has 3 N–H and O–H groups in total. The number of piperidine rings is 1. The molecule has 0 aliphatic carbocycles. The number of amides is 2. The molecule has 3 saturated heterocycles. The zero-order chi connectivity index (χ0) is 27.1. The lowest BCUT2D eigenvalue weighted by molar-refractivity contribution is -0.152. The zero-order valence-electron chi connectivity index (χ0n) is 21.8. The molecule has 0 unspecified atom stereocenters. The summed E-state index contributed by atoms with van der Waals surface area (Å²) in [6, 6.07) is 1.84. The van der Waals surface area contributed by atoms with Crippen LogP contribution in [-0.4, -0.2) is 99.2 Å². The summed E-state index contributed by atoms with van der Waals surface area (Å²) in [6.07, 6.45) is 6.83. The molecule has 0 spiro atoms. The second-order valence-electron chi connectivity index (χ2n) is 10.7. The van der Waals surface area contributed by atoms with Crippen LogP contribution < -0.4 is 16.0 Å². The summed E-state index contributed by atoms with van der Waals surface area (Å²) in [6.45, 7) is 8.38. The summed E-state index contributed by atoms with van der Waals surface area (Å²) < 4.78 is 20.1. The maximum absolute atomic E-state index is 13.5. The van der Waals surface area contributed by atoms with Crippen molar-refractivity contribution in [3.8, 4) is 0 Å². The van der Waals surface area contributed by atoms with Crippen molar-refractivity contribution in [2.24, 2.45) is 5.92 Å². The summed E-state index contributed by atoms with van der Waals surface area (Å²) in [5.74, 6) is -0.928. The van der Waals surface area contributed by atoms with E-state index >= 15 is 0 Å². The number of nitrogens with zero attached hydrogens (tertiary/aromatic N) is 7. The minimum atomic E-state index is -0.589. The number of halogens is 1. The van der Waals surface area contributed by atoms with Crippen molar-refractivity contribution in [3.05, 3.63) is 42.2 Å². The van der Waals surface area contributed by atoms with Crippen molar-refractivity contribution in [2.75, 3.05) is 68.4 Å². The number of piperazine rings is 1. The summed E-state index contributed by atoms with van der Waals surface area (Å²) in [4.78, 5) is 41.2. The average Bonchev–Trinajstić information content (AvgIpc) is 3.26. The van der Waals surface area contributed by atoms with Crippen molar-refractivity contribution in [3.63, 3.8) is 0 Å².